The second kappa shape index (κ2) is 3.57. The molecule has 0 heterocycles. The summed E-state index contributed by atoms with van der Waals surface area (Å²) in [4.78, 5) is 1.14. The highest BCUT2D eigenvalue weighted by Gasteiger charge is 2.10. The van der Waals surface area contributed by atoms with Gasteiger partial charge in [0.1, 0.15) is 0 Å². The zero-order chi connectivity index (χ0) is 9.84. The van der Waals surface area contributed by atoms with Crippen molar-refractivity contribution in [1.29, 1.82) is 10.8 Å². The Balaban J connectivity index is 3.03. The van der Waals surface area contributed by atoms with Crippen molar-refractivity contribution in [2.24, 2.45) is 11.5 Å². The fourth-order valence-corrected chi connectivity index (χ4v) is 0.985. The molecule has 0 aliphatic carbocycles. The van der Waals surface area contributed by atoms with E-state index in [2.05, 4.69) is 0 Å². The number of nitrogens with two attached hydrogens (primary N) is 2. The van der Waals surface area contributed by atoms with E-state index in [9.17, 15) is 0 Å². The Labute approximate surface area is 76.0 Å². The molecule has 1 aromatic rings. The standard InChI is InChI=1S/C8H11N5/c9-7(10)13(8(11)12)6-4-2-1-3-5-6/h1-5H,(H3,9,10)(H3,11,12). The van der Waals surface area contributed by atoms with Crippen LogP contribution in [0.2, 0.25) is 0 Å². The van der Waals surface area contributed by atoms with Gasteiger partial charge in [-0.1, -0.05) is 18.2 Å². The molecule has 0 unspecified atom stereocenters. The minimum atomic E-state index is -0.265. The van der Waals surface area contributed by atoms with Gasteiger partial charge in [0.05, 0.1) is 5.69 Å². The largest absolute Gasteiger partial charge is 0.369 e. The van der Waals surface area contributed by atoms with Crippen LogP contribution in [0.25, 0.3) is 0 Å². The summed E-state index contributed by atoms with van der Waals surface area (Å²) in [5, 5.41) is 14.4. The smallest absolute Gasteiger partial charge is 0.200 e. The predicted molar refractivity (Wildman–Crippen MR) is 52.7 cm³/mol. The Morgan fingerprint density at radius 3 is 1.85 bits per heavy atom. The van der Waals surface area contributed by atoms with Crippen LogP contribution >= 0.6 is 0 Å². The molecule has 0 aliphatic rings. The Morgan fingerprint density at radius 1 is 1.00 bits per heavy atom. The molecule has 0 saturated heterocycles. The molecule has 68 valence electrons. The van der Waals surface area contributed by atoms with Gasteiger partial charge in [0.15, 0.2) is 11.9 Å². The zero-order valence-corrected chi connectivity index (χ0v) is 6.99. The molecule has 5 nitrogen and oxygen atoms in total. The second-order valence-electron chi connectivity index (χ2n) is 2.44. The van der Waals surface area contributed by atoms with E-state index in [-0.39, 0.29) is 11.9 Å². The second-order valence-corrected chi connectivity index (χ2v) is 2.44. The van der Waals surface area contributed by atoms with Crippen molar-refractivity contribution < 1.29 is 0 Å². The van der Waals surface area contributed by atoms with E-state index < -0.39 is 0 Å². The van der Waals surface area contributed by atoms with E-state index in [1.54, 1.807) is 24.3 Å². The highest BCUT2D eigenvalue weighted by Crippen LogP contribution is 2.11. The number of para-hydroxylation sites is 1. The summed E-state index contributed by atoms with van der Waals surface area (Å²) in [7, 11) is 0. The molecule has 0 bridgehead atoms. The van der Waals surface area contributed by atoms with Crippen LogP contribution in [0.1, 0.15) is 0 Å². The van der Waals surface area contributed by atoms with Crippen molar-refractivity contribution >= 4 is 17.6 Å². The summed E-state index contributed by atoms with van der Waals surface area (Å²) >= 11 is 0. The van der Waals surface area contributed by atoms with Crippen LogP contribution in [0, 0.1) is 10.8 Å². The maximum atomic E-state index is 7.20. The number of guanidine groups is 2. The van der Waals surface area contributed by atoms with Crippen molar-refractivity contribution in [2.45, 2.75) is 0 Å². The summed E-state index contributed by atoms with van der Waals surface area (Å²) in [5.74, 6) is -0.530. The molecule has 0 radical (unpaired) electrons. The Morgan fingerprint density at radius 2 is 1.46 bits per heavy atom. The summed E-state index contributed by atoms with van der Waals surface area (Å²) in [5.41, 5.74) is 11.1. The first kappa shape index (κ1) is 9.05. The summed E-state index contributed by atoms with van der Waals surface area (Å²) in [6.07, 6.45) is 0. The maximum absolute atomic E-state index is 7.20. The first-order valence-electron chi connectivity index (χ1n) is 3.66. The molecular formula is C8H11N5. The molecule has 0 spiro atoms. The van der Waals surface area contributed by atoms with Gasteiger partial charge < -0.3 is 11.5 Å². The van der Waals surface area contributed by atoms with Gasteiger partial charge in [-0.05, 0) is 12.1 Å². The minimum absolute atomic E-state index is 0.265. The lowest BCUT2D eigenvalue weighted by Crippen LogP contribution is -2.45. The van der Waals surface area contributed by atoms with Gasteiger partial charge in [0, 0.05) is 0 Å². The SMILES string of the molecule is N=C(N)N(C(=N)N)c1ccccc1. The normalized spacial score (nSPS) is 9.23. The zero-order valence-electron chi connectivity index (χ0n) is 6.99. The first-order chi connectivity index (χ1) is 6.13. The van der Waals surface area contributed by atoms with Crippen molar-refractivity contribution in [1.82, 2.24) is 0 Å². The highest BCUT2D eigenvalue weighted by atomic mass is 15.3. The molecule has 0 aromatic heterocycles. The summed E-state index contributed by atoms with van der Waals surface area (Å²) < 4.78 is 0. The maximum Gasteiger partial charge on any atom is 0.200 e. The molecule has 13 heavy (non-hydrogen) atoms. The van der Waals surface area contributed by atoms with E-state index in [1.807, 2.05) is 6.07 Å². The van der Waals surface area contributed by atoms with Gasteiger partial charge in [-0.3, -0.25) is 15.7 Å². The van der Waals surface area contributed by atoms with Crippen LogP contribution in [0.3, 0.4) is 0 Å². The number of benzene rings is 1. The van der Waals surface area contributed by atoms with E-state index in [4.69, 9.17) is 22.3 Å². The lowest BCUT2D eigenvalue weighted by atomic mass is 10.3. The number of hydrogen-bond donors (Lipinski definition) is 4. The van der Waals surface area contributed by atoms with Crippen molar-refractivity contribution in [3.05, 3.63) is 30.3 Å². The lowest BCUT2D eigenvalue weighted by Gasteiger charge is -2.19. The van der Waals surface area contributed by atoms with Gasteiger partial charge in [-0.2, -0.15) is 0 Å². The highest BCUT2D eigenvalue weighted by molar-refractivity contribution is 6.14. The monoisotopic (exact) mass is 177 g/mol. The fourth-order valence-electron chi connectivity index (χ4n) is 0.985. The number of nitrogens with one attached hydrogen (secondary N) is 2. The van der Waals surface area contributed by atoms with Gasteiger partial charge in [0.25, 0.3) is 0 Å². The molecule has 0 fully saturated rings. The molecule has 0 aliphatic heterocycles. The molecule has 0 atom stereocenters. The molecule has 1 aromatic carbocycles. The van der Waals surface area contributed by atoms with Gasteiger partial charge in [0.2, 0.25) is 0 Å². The molecular weight excluding hydrogens is 166 g/mol. The van der Waals surface area contributed by atoms with Crippen LogP contribution in [-0.4, -0.2) is 11.9 Å². The van der Waals surface area contributed by atoms with Gasteiger partial charge >= 0.3 is 0 Å². The van der Waals surface area contributed by atoms with E-state index in [1.165, 1.54) is 0 Å². The summed E-state index contributed by atoms with van der Waals surface area (Å²) in [6.45, 7) is 0. The van der Waals surface area contributed by atoms with E-state index in [0.717, 1.165) is 4.90 Å². The Kier molecular flexibility index (Phi) is 2.49. The first-order valence-corrected chi connectivity index (χ1v) is 3.66. The molecule has 0 saturated carbocycles. The van der Waals surface area contributed by atoms with Gasteiger partial charge in [-0.15, -0.1) is 0 Å². The lowest BCUT2D eigenvalue weighted by molar-refractivity contribution is 1.24. The number of anilines is 1. The number of rotatable bonds is 1. The van der Waals surface area contributed by atoms with Crippen LogP contribution in [-0.2, 0) is 0 Å². The van der Waals surface area contributed by atoms with E-state index in [0.29, 0.717) is 5.69 Å². The molecule has 5 heteroatoms. The van der Waals surface area contributed by atoms with Crippen LogP contribution in [0.15, 0.2) is 30.3 Å². The molecule has 0 amide bonds. The van der Waals surface area contributed by atoms with E-state index >= 15 is 0 Å². The quantitative estimate of drug-likeness (QED) is 0.366. The third kappa shape index (κ3) is 1.96. The van der Waals surface area contributed by atoms with Crippen LogP contribution in [0.5, 0.6) is 0 Å². The predicted octanol–water partition coefficient (Wildman–Crippen LogP) is 0.280. The third-order valence-corrected chi connectivity index (χ3v) is 1.50. The topological polar surface area (TPSA) is 103 Å². The minimum Gasteiger partial charge on any atom is -0.369 e. The average molecular weight is 177 g/mol. The third-order valence-electron chi connectivity index (χ3n) is 1.50. The molecule has 6 N–H and O–H groups in total. The van der Waals surface area contributed by atoms with Crippen molar-refractivity contribution in [2.75, 3.05) is 4.90 Å². The number of nitrogens with zero attached hydrogens (tertiary/aromatic N) is 1. The Hall–Kier alpha value is -2.04. The Bertz CT molecular complexity index is 305. The molecule has 1 rings (SSSR count). The van der Waals surface area contributed by atoms with Crippen LogP contribution in [0.4, 0.5) is 5.69 Å². The summed E-state index contributed by atoms with van der Waals surface area (Å²) in [6, 6.07) is 8.86. The van der Waals surface area contributed by atoms with Crippen molar-refractivity contribution in [3.8, 4) is 0 Å². The fraction of sp³-hybridized carbons (Fsp3) is 0. The average Bonchev–Trinajstić information content (AvgIpc) is 2.04. The van der Waals surface area contributed by atoms with Crippen LogP contribution < -0.4 is 16.4 Å². The van der Waals surface area contributed by atoms with Crippen molar-refractivity contribution in [3.63, 3.8) is 0 Å². The van der Waals surface area contributed by atoms with Gasteiger partial charge in [-0.25, -0.2) is 0 Å². The number of hydrogen-bond acceptors (Lipinski definition) is 2.